The average molecular weight is 180 g/mol. The molecule has 70 valence electrons. The highest BCUT2D eigenvalue weighted by Gasteiger charge is 2.15. The van der Waals surface area contributed by atoms with Crippen molar-refractivity contribution >= 4 is 17.8 Å². The molecule has 1 aromatic heterocycles. The Morgan fingerprint density at radius 2 is 1.46 bits per heavy atom. The molecule has 1 aliphatic heterocycles. The van der Waals surface area contributed by atoms with Crippen molar-refractivity contribution in [3.8, 4) is 0 Å². The van der Waals surface area contributed by atoms with Crippen LogP contribution in [0.15, 0.2) is 0 Å². The van der Waals surface area contributed by atoms with Crippen LogP contribution in [0.3, 0.4) is 0 Å². The molecule has 6 nitrogen and oxygen atoms in total. The van der Waals surface area contributed by atoms with Gasteiger partial charge >= 0.3 is 0 Å². The quantitative estimate of drug-likeness (QED) is 0.612. The van der Waals surface area contributed by atoms with Gasteiger partial charge in [0.25, 0.3) is 0 Å². The first-order valence-corrected chi connectivity index (χ1v) is 4.28. The molecular weight excluding hydrogens is 168 g/mol. The summed E-state index contributed by atoms with van der Waals surface area (Å²) in [7, 11) is 0. The second kappa shape index (κ2) is 3.04. The molecule has 2 rings (SSSR count). The minimum atomic E-state index is 0.189. The Kier molecular flexibility index (Phi) is 1.88. The van der Waals surface area contributed by atoms with E-state index >= 15 is 0 Å². The summed E-state index contributed by atoms with van der Waals surface area (Å²) in [6, 6.07) is 0. The van der Waals surface area contributed by atoms with Crippen molar-refractivity contribution in [2.75, 3.05) is 29.5 Å². The molecule has 0 radical (unpaired) electrons. The van der Waals surface area contributed by atoms with Gasteiger partial charge in [-0.05, 0) is 12.8 Å². The van der Waals surface area contributed by atoms with E-state index in [0.717, 1.165) is 13.1 Å². The molecule has 1 fully saturated rings. The molecular formula is C7H12N6. The van der Waals surface area contributed by atoms with Crippen LogP contribution >= 0.6 is 0 Å². The lowest BCUT2D eigenvalue weighted by Crippen LogP contribution is -2.21. The molecule has 6 heteroatoms. The Labute approximate surface area is 76.0 Å². The molecule has 4 N–H and O–H groups in total. The standard InChI is InChI=1S/C7H12N6/c8-5-10-6(9)12-7(11-5)13-3-1-2-4-13/h1-4H2,(H4,8,9,10,11,12). The second-order valence-electron chi connectivity index (χ2n) is 3.05. The fraction of sp³-hybridized carbons (Fsp3) is 0.571. The van der Waals surface area contributed by atoms with Crippen LogP contribution in [0.5, 0.6) is 0 Å². The lowest BCUT2D eigenvalue weighted by atomic mass is 10.4. The number of aromatic nitrogens is 3. The van der Waals surface area contributed by atoms with Crippen LogP contribution in [0.2, 0.25) is 0 Å². The zero-order valence-electron chi connectivity index (χ0n) is 7.27. The third kappa shape index (κ3) is 1.61. The van der Waals surface area contributed by atoms with E-state index in [1.807, 2.05) is 0 Å². The Morgan fingerprint density at radius 1 is 0.923 bits per heavy atom. The van der Waals surface area contributed by atoms with E-state index in [-0.39, 0.29) is 11.9 Å². The van der Waals surface area contributed by atoms with Crippen molar-refractivity contribution in [2.45, 2.75) is 12.8 Å². The van der Waals surface area contributed by atoms with Gasteiger partial charge in [-0.1, -0.05) is 0 Å². The largest absolute Gasteiger partial charge is 0.368 e. The first-order valence-electron chi connectivity index (χ1n) is 4.28. The molecule has 0 amide bonds. The number of nitrogens with zero attached hydrogens (tertiary/aromatic N) is 4. The summed E-state index contributed by atoms with van der Waals surface area (Å²) in [4.78, 5) is 13.8. The maximum atomic E-state index is 5.46. The SMILES string of the molecule is Nc1nc(N)nc(N2CCCC2)n1. The highest BCUT2D eigenvalue weighted by Crippen LogP contribution is 2.16. The highest BCUT2D eigenvalue weighted by atomic mass is 15.3. The predicted molar refractivity (Wildman–Crippen MR) is 50.1 cm³/mol. The highest BCUT2D eigenvalue weighted by molar-refractivity contribution is 5.40. The third-order valence-electron chi connectivity index (χ3n) is 2.05. The van der Waals surface area contributed by atoms with Crippen LogP contribution in [0, 0.1) is 0 Å². The fourth-order valence-corrected chi connectivity index (χ4v) is 1.46. The molecule has 1 saturated heterocycles. The van der Waals surface area contributed by atoms with Crippen LogP contribution in [0.1, 0.15) is 12.8 Å². The van der Waals surface area contributed by atoms with E-state index in [0.29, 0.717) is 5.95 Å². The smallest absolute Gasteiger partial charge is 0.231 e. The summed E-state index contributed by atoms with van der Waals surface area (Å²) in [5, 5.41) is 0. The summed E-state index contributed by atoms with van der Waals surface area (Å²) in [5.74, 6) is 0.978. The molecule has 0 aliphatic carbocycles. The van der Waals surface area contributed by atoms with Crippen molar-refractivity contribution in [2.24, 2.45) is 0 Å². The van der Waals surface area contributed by atoms with E-state index in [1.54, 1.807) is 0 Å². The lowest BCUT2D eigenvalue weighted by molar-refractivity contribution is 0.889. The minimum absolute atomic E-state index is 0.189. The average Bonchev–Trinajstić information content (AvgIpc) is 2.53. The van der Waals surface area contributed by atoms with E-state index in [9.17, 15) is 0 Å². The van der Waals surface area contributed by atoms with Crippen molar-refractivity contribution in [3.05, 3.63) is 0 Å². The number of hydrogen-bond acceptors (Lipinski definition) is 6. The first kappa shape index (κ1) is 8.03. The van der Waals surface area contributed by atoms with Gasteiger partial charge in [-0.2, -0.15) is 15.0 Å². The van der Waals surface area contributed by atoms with Gasteiger partial charge in [0.05, 0.1) is 0 Å². The molecule has 0 saturated carbocycles. The fourth-order valence-electron chi connectivity index (χ4n) is 1.46. The number of hydrogen-bond donors (Lipinski definition) is 2. The Hall–Kier alpha value is -1.59. The molecule has 13 heavy (non-hydrogen) atoms. The number of rotatable bonds is 1. The molecule has 0 aromatic carbocycles. The molecule has 1 aromatic rings. The maximum absolute atomic E-state index is 5.46. The topological polar surface area (TPSA) is 93.9 Å². The van der Waals surface area contributed by atoms with E-state index < -0.39 is 0 Å². The molecule has 1 aliphatic rings. The van der Waals surface area contributed by atoms with Crippen molar-refractivity contribution < 1.29 is 0 Å². The van der Waals surface area contributed by atoms with Gasteiger partial charge in [-0.15, -0.1) is 0 Å². The zero-order chi connectivity index (χ0) is 9.26. The number of anilines is 3. The van der Waals surface area contributed by atoms with Crippen molar-refractivity contribution in [3.63, 3.8) is 0 Å². The van der Waals surface area contributed by atoms with E-state index in [4.69, 9.17) is 11.5 Å². The van der Waals surface area contributed by atoms with Gasteiger partial charge < -0.3 is 16.4 Å². The van der Waals surface area contributed by atoms with Crippen LogP contribution < -0.4 is 16.4 Å². The summed E-state index contributed by atoms with van der Waals surface area (Å²) < 4.78 is 0. The summed E-state index contributed by atoms with van der Waals surface area (Å²) in [5.41, 5.74) is 10.9. The monoisotopic (exact) mass is 180 g/mol. The van der Waals surface area contributed by atoms with Crippen LogP contribution in [-0.2, 0) is 0 Å². The Bertz CT molecular complexity index is 286. The molecule has 0 bridgehead atoms. The first-order chi connectivity index (χ1) is 6.25. The Morgan fingerprint density at radius 3 is 2.00 bits per heavy atom. The predicted octanol–water partition coefficient (Wildman–Crippen LogP) is -0.364. The van der Waals surface area contributed by atoms with Crippen LogP contribution in [0.25, 0.3) is 0 Å². The Balaban J connectivity index is 2.28. The zero-order valence-corrected chi connectivity index (χ0v) is 7.27. The van der Waals surface area contributed by atoms with Crippen molar-refractivity contribution in [1.29, 1.82) is 0 Å². The minimum Gasteiger partial charge on any atom is -0.368 e. The van der Waals surface area contributed by atoms with Crippen molar-refractivity contribution in [1.82, 2.24) is 15.0 Å². The summed E-state index contributed by atoms with van der Waals surface area (Å²) in [6.45, 7) is 1.95. The van der Waals surface area contributed by atoms with Gasteiger partial charge in [0.2, 0.25) is 17.8 Å². The van der Waals surface area contributed by atoms with Gasteiger partial charge in [0.1, 0.15) is 0 Å². The molecule has 0 unspecified atom stereocenters. The normalized spacial score (nSPS) is 16.5. The lowest BCUT2D eigenvalue weighted by Gasteiger charge is -2.14. The van der Waals surface area contributed by atoms with Gasteiger partial charge in [0.15, 0.2) is 0 Å². The van der Waals surface area contributed by atoms with Gasteiger partial charge in [-0.3, -0.25) is 0 Å². The summed E-state index contributed by atoms with van der Waals surface area (Å²) in [6.07, 6.45) is 2.34. The summed E-state index contributed by atoms with van der Waals surface area (Å²) >= 11 is 0. The van der Waals surface area contributed by atoms with Gasteiger partial charge in [0, 0.05) is 13.1 Å². The second-order valence-corrected chi connectivity index (χ2v) is 3.05. The maximum Gasteiger partial charge on any atom is 0.231 e. The van der Waals surface area contributed by atoms with Crippen LogP contribution in [0.4, 0.5) is 17.8 Å². The third-order valence-corrected chi connectivity index (χ3v) is 2.05. The molecule has 2 heterocycles. The number of nitrogens with two attached hydrogens (primary N) is 2. The number of nitrogen functional groups attached to an aromatic ring is 2. The van der Waals surface area contributed by atoms with E-state index in [2.05, 4.69) is 19.9 Å². The molecule has 0 atom stereocenters. The molecule has 0 spiro atoms. The van der Waals surface area contributed by atoms with E-state index in [1.165, 1.54) is 12.8 Å². The van der Waals surface area contributed by atoms with Gasteiger partial charge in [-0.25, -0.2) is 0 Å². The van der Waals surface area contributed by atoms with Crippen LogP contribution in [-0.4, -0.2) is 28.0 Å².